The van der Waals surface area contributed by atoms with E-state index in [0.29, 0.717) is 13.1 Å². The molecule has 0 amide bonds. The molecule has 1 heterocycles. The fourth-order valence-corrected chi connectivity index (χ4v) is 4.16. The van der Waals surface area contributed by atoms with E-state index in [1.165, 1.54) is 23.4 Å². The number of aryl methyl sites for hydroxylation is 1. The lowest BCUT2D eigenvalue weighted by molar-refractivity contribution is 0.374. The van der Waals surface area contributed by atoms with Crippen molar-refractivity contribution in [1.29, 1.82) is 0 Å². The SMILES string of the molecule is Cc1cc(N)cc(S(=O)(=O)N2CCC(C)(C)C2)c1F. The van der Waals surface area contributed by atoms with Gasteiger partial charge in [-0.25, -0.2) is 12.8 Å². The minimum Gasteiger partial charge on any atom is -0.399 e. The van der Waals surface area contributed by atoms with E-state index in [1.54, 1.807) is 0 Å². The van der Waals surface area contributed by atoms with Gasteiger partial charge in [0.2, 0.25) is 10.0 Å². The summed E-state index contributed by atoms with van der Waals surface area (Å²) in [6.07, 6.45) is 0.773. The first-order chi connectivity index (χ1) is 8.63. The molecule has 0 saturated carbocycles. The fraction of sp³-hybridized carbons (Fsp3) is 0.538. The van der Waals surface area contributed by atoms with Crippen LogP contribution in [0.2, 0.25) is 0 Å². The topological polar surface area (TPSA) is 63.4 Å². The molecule has 2 N–H and O–H groups in total. The molecular weight excluding hydrogens is 267 g/mol. The number of halogens is 1. The molecule has 2 rings (SSSR count). The van der Waals surface area contributed by atoms with Crippen LogP contribution in [0.4, 0.5) is 10.1 Å². The normalized spacial score (nSPS) is 19.8. The largest absolute Gasteiger partial charge is 0.399 e. The number of hydrogen-bond acceptors (Lipinski definition) is 3. The molecule has 0 atom stereocenters. The van der Waals surface area contributed by atoms with Gasteiger partial charge in [0.25, 0.3) is 0 Å². The Morgan fingerprint density at radius 1 is 1.37 bits per heavy atom. The van der Waals surface area contributed by atoms with Crippen LogP contribution in [-0.4, -0.2) is 25.8 Å². The van der Waals surface area contributed by atoms with Crippen LogP contribution in [-0.2, 0) is 10.0 Å². The van der Waals surface area contributed by atoms with Gasteiger partial charge in [-0.2, -0.15) is 4.31 Å². The molecule has 0 spiro atoms. The minimum atomic E-state index is -3.81. The number of rotatable bonds is 2. The van der Waals surface area contributed by atoms with Gasteiger partial charge < -0.3 is 5.73 Å². The van der Waals surface area contributed by atoms with Gasteiger partial charge in [0.1, 0.15) is 10.7 Å². The fourth-order valence-electron chi connectivity index (χ4n) is 2.36. The maximum absolute atomic E-state index is 14.1. The Morgan fingerprint density at radius 2 is 2.00 bits per heavy atom. The average Bonchev–Trinajstić information content (AvgIpc) is 2.64. The second-order valence-electron chi connectivity index (χ2n) is 5.90. The molecule has 1 aromatic rings. The number of benzene rings is 1. The zero-order valence-corrected chi connectivity index (χ0v) is 12.2. The lowest BCUT2D eigenvalue weighted by Gasteiger charge is -2.20. The molecule has 19 heavy (non-hydrogen) atoms. The predicted octanol–water partition coefficient (Wildman–Crippen LogP) is 2.14. The van der Waals surface area contributed by atoms with Crippen molar-refractivity contribution in [2.75, 3.05) is 18.8 Å². The summed E-state index contributed by atoms with van der Waals surface area (Å²) in [4.78, 5) is -0.317. The maximum atomic E-state index is 14.1. The Labute approximate surface area is 113 Å². The molecule has 6 heteroatoms. The molecule has 0 aromatic heterocycles. The van der Waals surface area contributed by atoms with Gasteiger partial charge in [0.05, 0.1) is 0 Å². The summed E-state index contributed by atoms with van der Waals surface area (Å²) in [6, 6.07) is 2.63. The molecule has 1 aliphatic rings. The zero-order chi connectivity index (χ0) is 14.4. The Kier molecular flexibility index (Phi) is 3.35. The van der Waals surface area contributed by atoms with Crippen molar-refractivity contribution in [2.24, 2.45) is 5.41 Å². The standard InChI is InChI=1S/C13H19FN2O2S/c1-9-6-10(15)7-11(12(9)14)19(17,18)16-5-4-13(2,3)8-16/h6-7H,4-5,8,15H2,1-3H3. The highest BCUT2D eigenvalue weighted by Crippen LogP contribution is 2.34. The summed E-state index contributed by atoms with van der Waals surface area (Å²) in [7, 11) is -3.81. The Morgan fingerprint density at radius 3 is 2.53 bits per heavy atom. The van der Waals surface area contributed by atoms with Gasteiger partial charge in [0, 0.05) is 18.8 Å². The summed E-state index contributed by atoms with van der Waals surface area (Å²) >= 11 is 0. The summed E-state index contributed by atoms with van der Waals surface area (Å²) in [6.45, 7) is 6.34. The molecule has 1 fully saturated rings. The van der Waals surface area contributed by atoms with Crippen molar-refractivity contribution in [2.45, 2.75) is 32.1 Å². The Hall–Kier alpha value is -1.14. The van der Waals surface area contributed by atoms with Crippen LogP contribution in [0.3, 0.4) is 0 Å². The molecule has 0 unspecified atom stereocenters. The van der Waals surface area contributed by atoms with Crippen LogP contribution in [0.15, 0.2) is 17.0 Å². The second kappa shape index (κ2) is 4.45. The first-order valence-electron chi connectivity index (χ1n) is 6.19. The van der Waals surface area contributed by atoms with E-state index >= 15 is 0 Å². The van der Waals surface area contributed by atoms with E-state index in [0.717, 1.165) is 6.42 Å². The third kappa shape index (κ3) is 2.60. The second-order valence-corrected chi connectivity index (χ2v) is 7.81. The van der Waals surface area contributed by atoms with E-state index in [-0.39, 0.29) is 21.6 Å². The van der Waals surface area contributed by atoms with Crippen molar-refractivity contribution >= 4 is 15.7 Å². The monoisotopic (exact) mass is 286 g/mol. The summed E-state index contributed by atoms with van der Waals surface area (Å²) in [5, 5.41) is 0. The van der Waals surface area contributed by atoms with Crippen molar-refractivity contribution in [3.8, 4) is 0 Å². The Bertz CT molecular complexity index is 611. The van der Waals surface area contributed by atoms with Crippen LogP contribution in [0.25, 0.3) is 0 Å². The average molecular weight is 286 g/mol. The minimum absolute atomic E-state index is 0.0705. The van der Waals surface area contributed by atoms with E-state index in [1.807, 2.05) is 13.8 Å². The molecule has 0 aliphatic carbocycles. The summed E-state index contributed by atoms with van der Waals surface area (Å²) < 4.78 is 40.4. The molecule has 0 radical (unpaired) electrons. The van der Waals surface area contributed by atoms with Crippen LogP contribution in [0.5, 0.6) is 0 Å². The van der Waals surface area contributed by atoms with Crippen molar-refractivity contribution in [1.82, 2.24) is 4.31 Å². The van der Waals surface area contributed by atoms with Crippen molar-refractivity contribution in [3.63, 3.8) is 0 Å². The van der Waals surface area contributed by atoms with Gasteiger partial charge in [0.15, 0.2) is 0 Å². The zero-order valence-electron chi connectivity index (χ0n) is 11.4. The van der Waals surface area contributed by atoms with Gasteiger partial charge >= 0.3 is 0 Å². The molecule has 0 bridgehead atoms. The van der Waals surface area contributed by atoms with Gasteiger partial charge in [-0.15, -0.1) is 0 Å². The first-order valence-corrected chi connectivity index (χ1v) is 7.63. The highest BCUT2D eigenvalue weighted by atomic mass is 32.2. The number of nitrogens with zero attached hydrogens (tertiary/aromatic N) is 1. The summed E-state index contributed by atoms with van der Waals surface area (Å²) in [5.74, 6) is -0.709. The van der Waals surface area contributed by atoms with Gasteiger partial charge in [-0.05, 0) is 36.5 Å². The molecule has 4 nitrogen and oxygen atoms in total. The third-order valence-electron chi connectivity index (χ3n) is 3.50. The molecule has 1 saturated heterocycles. The van der Waals surface area contributed by atoms with Crippen LogP contribution >= 0.6 is 0 Å². The van der Waals surface area contributed by atoms with Crippen LogP contribution in [0, 0.1) is 18.2 Å². The molecule has 1 aliphatic heterocycles. The highest BCUT2D eigenvalue weighted by molar-refractivity contribution is 7.89. The van der Waals surface area contributed by atoms with Gasteiger partial charge in [-0.1, -0.05) is 13.8 Å². The smallest absolute Gasteiger partial charge is 0.246 e. The molecular formula is C13H19FN2O2S. The van der Waals surface area contributed by atoms with Gasteiger partial charge in [-0.3, -0.25) is 0 Å². The van der Waals surface area contributed by atoms with Crippen molar-refractivity contribution in [3.05, 3.63) is 23.5 Å². The highest BCUT2D eigenvalue weighted by Gasteiger charge is 2.38. The lowest BCUT2D eigenvalue weighted by Crippen LogP contribution is -2.31. The maximum Gasteiger partial charge on any atom is 0.246 e. The van der Waals surface area contributed by atoms with E-state index < -0.39 is 15.8 Å². The quantitative estimate of drug-likeness (QED) is 0.847. The lowest BCUT2D eigenvalue weighted by atomic mass is 9.93. The van der Waals surface area contributed by atoms with Crippen LogP contribution < -0.4 is 5.73 Å². The van der Waals surface area contributed by atoms with Crippen LogP contribution in [0.1, 0.15) is 25.8 Å². The summed E-state index contributed by atoms with van der Waals surface area (Å²) in [5.41, 5.74) is 6.06. The Balaban J connectivity index is 2.47. The molecule has 1 aromatic carbocycles. The first kappa shape index (κ1) is 14.3. The number of anilines is 1. The van der Waals surface area contributed by atoms with Crippen molar-refractivity contribution < 1.29 is 12.8 Å². The van der Waals surface area contributed by atoms with E-state index in [9.17, 15) is 12.8 Å². The molecule has 106 valence electrons. The number of nitrogen functional groups attached to an aromatic ring is 1. The van der Waals surface area contributed by atoms with E-state index in [2.05, 4.69) is 0 Å². The number of hydrogen-bond donors (Lipinski definition) is 1. The van der Waals surface area contributed by atoms with E-state index in [4.69, 9.17) is 5.73 Å². The number of nitrogens with two attached hydrogens (primary N) is 1. The third-order valence-corrected chi connectivity index (χ3v) is 5.35. The number of sulfonamides is 1. The predicted molar refractivity (Wildman–Crippen MR) is 72.7 cm³/mol.